The van der Waals surface area contributed by atoms with Gasteiger partial charge in [-0.25, -0.2) is 13.4 Å². The van der Waals surface area contributed by atoms with Crippen molar-refractivity contribution >= 4 is 15.8 Å². The number of pyridine rings is 1. The predicted octanol–water partition coefficient (Wildman–Crippen LogP) is 4.32. The Balaban J connectivity index is 1.92. The zero-order valence-corrected chi connectivity index (χ0v) is 17.7. The van der Waals surface area contributed by atoms with Crippen LogP contribution in [0.25, 0.3) is 0 Å². The standard InChI is InChI=1S/C23H27N3O2S/c1-3-25(4-2)23-16-15-22(17-24-23)29(27,28)26(18-20-11-7-5-8-12-20)19-21-13-9-6-10-14-21/h5-17H,3-4,18-19H2,1-2H3. The molecule has 0 fully saturated rings. The van der Waals surface area contributed by atoms with Crippen molar-refractivity contribution in [2.75, 3.05) is 18.0 Å². The number of rotatable bonds is 9. The third-order valence-electron chi connectivity index (χ3n) is 4.85. The van der Waals surface area contributed by atoms with E-state index in [1.54, 1.807) is 12.1 Å². The molecule has 0 saturated carbocycles. The largest absolute Gasteiger partial charge is 0.357 e. The average molecular weight is 410 g/mol. The van der Waals surface area contributed by atoms with Gasteiger partial charge in [-0.15, -0.1) is 0 Å². The molecule has 0 spiro atoms. The number of aromatic nitrogens is 1. The molecule has 152 valence electrons. The Hall–Kier alpha value is -2.70. The van der Waals surface area contributed by atoms with Crippen molar-refractivity contribution in [2.45, 2.75) is 31.8 Å². The maximum Gasteiger partial charge on any atom is 0.245 e. The van der Waals surface area contributed by atoms with Crippen LogP contribution < -0.4 is 4.90 Å². The van der Waals surface area contributed by atoms with Crippen LogP contribution in [0.3, 0.4) is 0 Å². The number of benzene rings is 2. The molecule has 0 atom stereocenters. The SMILES string of the molecule is CCN(CC)c1ccc(S(=O)(=O)N(Cc2ccccc2)Cc2ccccc2)cn1. The second-order valence-electron chi connectivity index (χ2n) is 6.77. The maximum atomic E-state index is 13.4. The van der Waals surface area contributed by atoms with Gasteiger partial charge in [0.15, 0.2) is 0 Å². The highest BCUT2D eigenvalue weighted by molar-refractivity contribution is 7.89. The lowest BCUT2D eigenvalue weighted by atomic mass is 10.2. The second kappa shape index (κ2) is 9.67. The smallest absolute Gasteiger partial charge is 0.245 e. The number of nitrogens with zero attached hydrogens (tertiary/aromatic N) is 3. The molecule has 6 heteroatoms. The molecule has 3 rings (SSSR count). The summed E-state index contributed by atoms with van der Waals surface area (Å²) in [5.74, 6) is 0.784. The molecule has 0 aliphatic rings. The van der Waals surface area contributed by atoms with Gasteiger partial charge in [0.1, 0.15) is 10.7 Å². The molecule has 29 heavy (non-hydrogen) atoms. The molecule has 0 aliphatic heterocycles. The maximum absolute atomic E-state index is 13.4. The highest BCUT2D eigenvalue weighted by Gasteiger charge is 2.25. The minimum absolute atomic E-state index is 0.209. The molecular weight excluding hydrogens is 382 g/mol. The highest BCUT2D eigenvalue weighted by Crippen LogP contribution is 2.22. The van der Waals surface area contributed by atoms with E-state index < -0.39 is 10.0 Å². The molecular formula is C23H27N3O2S. The Morgan fingerprint density at radius 3 is 1.69 bits per heavy atom. The van der Waals surface area contributed by atoms with Gasteiger partial charge < -0.3 is 4.90 Å². The van der Waals surface area contributed by atoms with Crippen LogP contribution in [0.4, 0.5) is 5.82 Å². The van der Waals surface area contributed by atoms with Crippen LogP contribution in [-0.2, 0) is 23.1 Å². The average Bonchev–Trinajstić information content (AvgIpc) is 2.76. The summed E-state index contributed by atoms with van der Waals surface area (Å²) in [7, 11) is -3.70. The molecule has 0 unspecified atom stereocenters. The van der Waals surface area contributed by atoms with Crippen molar-refractivity contribution in [1.82, 2.24) is 9.29 Å². The van der Waals surface area contributed by atoms with Gasteiger partial charge in [-0.2, -0.15) is 4.31 Å². The Morgan fingerprint density at radius 1 is 0.759 bits per heavy atom. The Labute approximate surface area is 173 Å². The number of sulfonamides is 1. The summed E-state index contributed by atoms with van der Waals surface area (Å²) in [5.41, 5.74) is 1.89. The highest BCUT2D eigenvalue weighted by atomic mass is 32.2. The van der Waals surface area contributed by atoms with Gasteiger partial charge in [0.2, 0.25) is 10.0 Å². The van der Waals surface area contributed by atoms with Gasteiger partial charge >= 0.3 is 0 Å². The van der Waals surface area contributed by atoms with E-state index in [0.717, 1.165) is 30.0 Å². The van der Waals surface area contributed by atoms with E-state index in [2.05, 4.69) is 23.7 Å². The number of hydrogen-bond acceptors (Lipinski definition) is 4. The number of anilines is 1. The first-order valence-corrected chi connectivity index (χ1v) is 11.3. The van der Waals surface area contributed by atoms with E-state index in [1.165, 1.54) is 10.5 Å². The normalized spacial score (nSPS) is 11.6. The van der Waals surface area contributed by atoms with Gasteiger partial charge in [-0.05, 0) is 37.1 Å². The van der Waals surface area contributed by atoms with E-state index in [0.29, 0.717) is 13.1 Å². The summed E-state index contributed by atoms with van der Waals surface area (Å²) in [6.45, 7) is 6.35. The molecule has 3 aromatic rings. The van der Waals surface area contributed by atoms with Gasteiger partial charge in [0.25, 0.3) is 0 Å². The van der Waals surface area contributed by atoms with Crippen molar-refractivity contribution in [1.29, 1.82) is 0 Å². The predicted molar refractivity (Wildman–Crippen MR) is 117 cm³/mol. The summed E-state index contributed by atoms with van der Waals surface area (Å²) in [5, 5.41) is 0. The number of hydrogen-bond donors (Lipinski definition) is 0. The van der Waals surface area contributed by atoms with Crippen molar-refractivity contribution in [2.24, 2.45) is 0 Å². The monoisotopic (exact) mass is 409 g/mol. The van der Waals surface area contributed by atoms with Crippen LogP contribution >= 0.6 is 0 Å². The lowest BCUT2D eigenvalue weighted by molar-refractivity contribution is 0.401. The first-order valence-electron chi connectivity index (χ1n) is 9.83. The van der Waals surface area contributed by atoms with Gasteiger partial charge in [-0.1, -0.05) is 60.7 Å². The zero-order valence-electron chi connectivity index (χ0n) is 16.9. The lowest BCUT2D eigenvalue weighted by Gasteiger charge is -2.23. The van der Waals surface area contributed by atoms with E-state index >= 15 is 0 Å². The second-order valence-corrected chi connectivity index (χ2v) is 8.71. The Bertz CT molecular complexity index is 946. The molecule has 0 saturated heterocycles. The molecule has 1 aromatic heterocycles. The first-order chi connectivity index (χ1) is 14.0. The van der Waals surface area contributed by atoms with E-state index in [4.69, 9.17) is 0 Å². The minimum atomic E-state index is -3.70. The summed E-state index contributed by atoms with van der Waals surface area (Å²) in [4.78, 5) is 6.70. The van der Waals surface area contributed by atoms with Crippen LogP contribution in [0.15, 0.2) is 83.9 Å². The van der Waals surface area contributed by atoms with E-state index in [-0.39, 0.29) is 4.90 Å². The molecule has 0 N–H and O–H groups in total. The molecule has 1 heterocycles. The third-order valence-corrected chi connectivity index (χ3v) is 6.62. The summed E-state index contributed by atoms with van der Waals surface area (Å²) < 4.78 is 28.4. The Kier molecular flexibility index (Phi) is 7.01. The Morgan fingerprint density at radius 2 is 1.28 bits per heavy atom. The van der Waals surface area contributed by atoms with Crippen LogP contribution in [-0.4, -0.2) is 30.8 Å². The minimum Gasteiger partial charge on any atom is -0.357 e. The summed E-state index contributed by atoms with van der Waals surface area (Å²) in [6.07, 6.45) is 1.46. The molecule has 0 amide bonds. The summed E-state index contributed by atoms with van der Waals surface area (Å²) >= 11 is 0. The molecule has 0 bridgehead atoms. The van der Waals surface area contributed by atoms with E-state index in [1.807, 2.05) is 60.7 Å². The molecule has 2 aromatic carbocycles. The molecule has 0 aliphatic carbocycles. The van der Waals surface area contributed by atoms with Crippen LogP contribution in [0, 0.1) is 0 Å². The first kappa shape index (κ1) is 21.0. The fraction of sp³-hybridized carbons (Fsp3) is 0.261. The van der Waals surface area contributed by atoms with Crippen molar-refractivity contribution in [3.63, 3.8) is 0 Å². The lowest BCUT2D eigenvalue weighted by Crippen LogP contribution is -2.30. The fourth-order valence-corrected chi connectivity index (χ4v) is 4.57. The van der Waals surface area contributed by atoms with Crippen LogP contribution in [0.1, 0.15) is 25.0 Å². The van der Waals surface area contributed by atoms with Crippen molar-refractivity contribution < 1.29 is 8.42 Å². The topological polar surface area (TPSA) is 53.5 Å². The van der Waals surface area contributed by atoms with Crippen LogP contribution in [0.5, 0.6) is 0 Å². The molecule has 5 nitrogen and oxygen atoms in total. The zero-order chi connectivity index (χ0) is 20.7. The van der Waals surface area contributed by atoms with Gasteiger partial charge in [0, 0.05) is 32.4 Å². The third kappa shape index (κ3) is 5.22. The van der Waals surface area contributed by atoms with Crippen molar-refractivity contribution in [3.05, 3.63) is 90.1 Å². The van der Waals surface area contributed by atoms with Crippen LogP contribution in [0.2, 0.25) is 0 Å². The van der Waals surface area contributed by atoms with Gasteiger partial charge in [-0.3, -0.25) is 0 Å². The quantitative estimate of drug-likeness (QED) is 0.528. The van der Waals surface area contributed by atoms with E-state index in [9.17, 15) is 8.42 Å². The summed E-state index contributed by atoms with van der Waals surface area (Å²) in [6, 6.07) is 22.7. The fourth-order valence-electron chi connectivity index (χ4n) is 3.21. The van der Waals surface area contributed by atoms with Gasteiger partial charge in [0.05, 0.1) is 0 Å². The van der Waals surface area contributed by atoms with Crippen molar-refractivity contribution in [3.8, 4) is 0 Å². The molecule has 0 radical (unpaired) electrons.